The summed E-state index contributed by atoms with van der Waals surface area (Å²) in [5.74, 6) is 0.370. The largest absolute Gasteiger partial charge is 0.387 e. The summed E-state index contributed by atoms with van der Waals surface area (Å²) in [6, 6.07) is 5.61. The van der Waals surface area contributed by atoms with Crippen LogP contribution in [0.4, 0.5) is 20.7 Å². The Morgan fingerprint density at radius 1 is 1.07 bits per heavy atom. The fraction of sp³-hybridized carbons (Fsp3) is 0.536. The van der Waals surface area contributed by atoms with E-state index in [1.165, 1.54) is 35.2 Å². The average molecular weight is 583 g/mol. The number of ether oxygens (including phenoxy) is 1. The molecule has 3 aliphatic rings. The fourth-order valence-electron chi connectivity index (χ4n) is 5.61. The first-order chi connectivity index (χ1) is 20.3. The van der Waals surface area contributed by atoms with Gasteiger partial charge in [0, 0.05) is 31.2 Å². The SMILES string of the molecule is Nc1nc(CCCC2CCN(C(=O)Nc3ccc(F)cc3)CC2)nc2c1ncn2[C@@H]1O[C@H](C(=O)NC2CC2)C(O)[C@@H]1O. The van der Waals surface area contributed by atoms with E-state index in [1.54, 1.807) is 4.90 Å². The molecule has 2 saturated heterocycles. The van der Waals surface area contributed by atoms with Crippen molar-refractivity contribution in [1.29, 1.82) is 0 Å². The molecule has 0 radical (unpaired) electrons. The lowest BCUT2D eigenvalue weighted by atomic mass is 9.91. The zero-order valence-corrected chi connectivity index (χ0v) is 23.0. The van der Waals surface area contributed by atoms with Crippen LogP contribution < -0.4 is 16.4 Å². The van der Waals surface area contributed by atoms with Gasteiger partial charge in [-0.05, 0) is 68.7 Å². The molecule has 3 amide bonds. The summed E-state index contributed by atoms with van der Waals surface area (Å²) in [6.45, 7) is 1.28. The number of nitrogens with one attached hydrogen (secondary N) is 2. The normalized spacial score (nSPS) is 24.7. The first kappa shape index (κ1) is 28.2. The third kappa shape index (κ3) is 6.01. The van der Waals surface area contributed by atoms with Gasteiger partial charge in [0.25, 0.3) is 5.91 Å². The van der Waals surface area contributed by atoms with Gasteiger partial charge in [-0.1, -0.05) is 0 Å². The number of imidazole rings is 1. The van der Waals surface area contributed by atoms with E-state index in [0.717, 1.165) is 38.5 Å². The van der Waals surface area contributed by atoms with E-state index in [2.05, 4.69) is 25.6 Å². The van der Waals surface area contributed by atoms with E-state index in [9.17, 15) is 24.2 Å². The molecule has 3 aromatic rings. The van der Waals surface area contributed by atoms with Crippen molar-refractivity contribution in [3.63, 3.8) is 0 Å². The number of aliphatic hydroxyl groups is 2. The third-order valence-electron chi connectivity index (χ3n) is 8.20. The molecule has 3 fully saturated rings. The summed E-state index contributed by atoms with van der Waals surface area (Å²) < 4.78 is 20.4. The van der Waals surface area contributed by atoms with E-state index >= 15 is 0 Å². The van der Waals surface area contributed by atoms with Crippen LogP contribution in [0.2, 0.25) is 0 Å². The van der Waals surface area contributed by atoms with Crippen molar-refractivity contribution >= 4 is 34.6 Å². The van der Waals surface area contributed by atoms with Crippen molar-refractivity contribution < 1.29 is 28.9 Å². The number of halogens is 1. The quantitative estimate of drug-likeness (QED) is 0.264. The number of likely N-dealkylation sites (tertiary alicyclic amines) is 1. The zero-order chi connectivity index (χ0) is 29.4. The molecule has 4 heterocycles. The van der Waals surface area contributed by atoms with Crippen LogP contribution in [0.1, 0.15) is 50.6 Å². The highest BCUT2D eigenvalue weighted by atomic mass is 19.1. The fourth-order valence-corrected chi connectivity index (χ4v) is 5.61. The molecule has 14 heteroatoms. The number of urea groups is 1. The van der Waals surface area contributed by atoms with Gasteiger partial charge in [0.15, 0.2) is 23.8 Å². The molecule has 1 saturated carbocycles. The summed E-state index contributed by atoms with van der Waals surface area (Å²) in [7, 11) is 0. The number of hydrogen-bond acceptors (Lipinski definition) is 9. The number of rotatable bonds is 8. The molecule has 224 valence electrons. The number of hydrogen-bond donors (Lipinski definition) is 5. The molecule has 0 bridgehead atoms. The van der Waals surface area contributed by atoms with Gasteiger partial charge in [-0.15, -0.1) is 0 Å². The second kappa shape index (κ2) is 11.8. The molecule has 4 atom stereocenters. The van der Waals surface area contributed by atoms with Crippen LogP contribution in [0.25, 0.3) is 11.2 Å². The van der Waals surface area contributed by atoms with E-state index < -0.39 is 30.4 Å². The zero-order valence-electron chi connectivity index (χ0n) is 23.0. The van der Waals surface area contributed by atoms with Gasteiger partial charge in [0.2, 0.25) is 0 Å². The molecular formula is C28H35FN8O5. The molecule has 1 aliphatic carbocycles. The lowest BCUT2D eigenvalue weighted by Crippen LogP contribution is -2.43. The topological polar surface area (TPSA) is 181 Å². The van der Waals surface area contributed by atoms with Gasteiger partial charge in [0.1, 0.15) is 29.4 Å². The lowest BCUT2D eigenvalue weighted by molar-refractivity contribution is -0.137. The van der Waals surface area contributed by atoms with Crippen molar-refractivity contribution in [2.45, 2.75) is 75.5 Å². The van der Waals surface area contributed by atoms with Gasteiger partial charge in [0.05, 0.1) is 6.33 Å². The predicted octanol–water partition coefficient (Wildman–Crippen LogP) is 1.71. The Hall–Kier alpha value is -3.88. The molecular weight excluding hydrogens is 547 g/mol. The molecule has 1 aromatic carbocycles. The maximum atomic E-state index is 13.1. The van der Waals surface area contributed by atoms with Gasteiger partial charge >= 0.3 is 6.03 Å². The number of aromatic nitrogens is 4. The van der Waals surface area contributed by atoms with Crippen LogP contribution in [0, 0.1) is 11.7 Å². The Balaban J connectivity index is 1.03. The Labute approximate surface area is 241 Å². The molecule has 42 heavy (non-hydrogen) atoms. The molecule has 6 rings (SSSR count). The van der Waals surface area contributed by atoms with E-state index in [-0.39, 0.29) is 23.7 Å². The summed E-state index contributed by atoms with van der Waals surface area (Å²) in [5.41, 5.74) is 7.45. The number of carbonyl (C=O) groups is 2. The number of benzene rings is 1. The molecule has 0 spiro atoms. The van der Waals surface area contributed by atoms with Crippen molar-refractivity contribution in [3.05, 3.63) is 42.2 Å². The molecule has 13 nitrogen and oxygen atoms in total. The van der Waals surface area contributed by atoms with Crippen LogP contribution in [-0.4, -0.2) is 84.0 Å². The Bertz CT molecular complexity index is 1440. The summed E-state index contributed by atoms with van der Waals surface area (Å²) in [4.78, 5) is 40.2. The van der Waals surface area contributed by atoms with Crippen molar-refractivity contribution in [1.82, 2.24) is 29.7 Å². The minimum absolute atomic E-state index is 0.0912. The number of piperidine rings is 1. The number of nitrogens with two attached hydrogens (primary N) is 1. The van der Waals surface area contributed by atoms with Crippen LogP contribution in [0.5, 0.6) is 0 Å². The van der Waals surface area contributed by atoms with Crippen molar-refractivity contribution in [2.75, 3.05) is 24.1 Å². The number of carbonyl (C=O) groups excluding carboxylic acids is 2. The number of anilines is 2. The highest BCUT2D eigenvalue weighted by Crippen LogP contribution is 2.33. The van der Waals surface area contributed by atoms with Gasteiger partial charge in [-0.2, -0.15) is 0 Å². The number of aliphatic hydroxyl groups excluding tert-OH is 2. The number of aryl methyl sites for hydroxylation is 1. The van der Waals surface area contributed by atoms with Crippen LogP contribution in [0.3, 0.4) is 0 Å². The van der Waals surface area contributed by atoms with E-state index in [1.807, 2.05) is 0 Å². The minimum atomic E-state index is -1.40. The summed E-state index contributed by atoms with van der Waals surface area (Å²) in [5, 5.41) is 26.8. The Morgan fingerprint density at radius 2 is 1.81 bits per heavy atom. The van der Waals surface area contributed by atoms with Gasteiger partial charge in [-0.25, -0.2) is 24.1 Å². The van der Waals surface area contributed by atoms with Crippen molar-refractivity contribution in [3.8, 4) is 0 Å². The minimum Gasteiger partial charge on any atom is -0.387 e. The van der Waals surface area contributed by atoms with Crippen LogP contribution in [-0.2, 0) is 16.0 Å². The highest BCUT2D eigenvalue weighted by Gasteiger charge is 2.48. The molecule has 2 aliphatic heterocycles. The van der Waals surface area contributed by atoms with Gasteiger partial charge in [-0.3, -0.25) is 9.36 Å². The van der Waals surface area contributed by atoms with E-state index in [0.29, 0.717) is 48.1 Å². The number of amides is 3. The standard InChI is InChI=1S/C28H35FN8O5/c29-16-4-6-18(7-5-16)33-28(41)36-12-10-15(11-13-36)2-1-3-19-34-24(30)20-25(35-19)37(14-31-20)27-22(39)21(38)23(42-27)26(40)32-17-8-9-17/h4-7,14-15,17,21-23,27,38-39H,1-3,8-13H2,(H,32,40)(H,33,41)(H2,30,34,35)/t21?,22-,23-,27+/m0/s1. The second-order valence-corrected chi connectivity index (χ2v) is 11.3. The number of fused-ring (bicyclic) bond motifs is 1. The summed E-state index contributed by atoms with van der Waals surface area (Å²) >= 11 is 0. The van der Waals surface area contributed by atoms with E-state index in [4.69, 9.17) is 10.5 Å². The van der Waals surface area contributed by atoms with Crippen molar-refractivity contribution in [2.24, 2.45) is 5.92 Å². The lowest BCUT2D eigenvalue weighted by Gasteiger charge is -2.32. The predicted molar refractivity (Wildman–Crippen MR) is 149 cm³/mol. The van der Waals surface area contributed by atoms with Gasteiger partial charge < -0.3 is 36.2 Å². The Morgan fingerprint density at radius 3 is 2.52 bits per heavy atom. The first-order valence-corrected chi connectivity index (χ1v) is 14.4. The first-order valence-electron chi connectivity index (χ1n) is 14.4. The third-order valence-corrected chi connectivity index (χ3v) is 8.20. The maximum Gasteiger partial charge on any atom is 0.321 e. The summed E-state index contributed by atoms with van der Waals surface area (Å²) in [6.07, 6.45) is 2.24. The molecule has 2 aromatic heterocycles. The monoisotopic (exact) mass is 582 g/mol. The smallest absolute Gasteiger partial charge is 0.321 e. The van der Waals surface area contributed by atoms with Crippen LogP contribution >= 0.6 is 0 Å². The second-order valence-electron chi connectivity index (χ2n) is 11.3. The highest BCUT2D eigenvalue weighted by molar-refractivity contribution is 5.89. The maximum absolute atomic E-state index is 13.1. The van der Waals surface area contributed by atoms with Crippen LogP contribution in [0.15, 0.2) is 30.6 Å². The average Bonchev–Trinajstić information content (AvgIpc) is 3.61. The number of nitrogens with zero attached hydrogens (tertiary/aromatic N) is 5. The Kier molecular flexibility index (Phi) is 7.92. The number of nitrogen functional groups attached to an aromatic ring is 1. The molecule has 1 unspecified atom stereocenters. The molecule has 6 N–H and O–H groups in total.